The number of rotatable bonds is 7. The van der Waals surface area contributed by atoms with Crippen molar-refractivity contribution in [2.45, 2.75) is 23.6 Å². The Morgan fingerprint density at radius 2 is 1.19 bits per heavy atom. The third-order valence-corrected chi connectivity index (χ3v) is 6.75. The topological polar surface area (TPSA) is 124 Å². The van der Waals surface area contributed by atoms with Gasteiger partial charge in [-0.2, -0.15) is 16.8 Å². The minimum atomic E-state index is -4.37. The van der Waals surface area contributed by atoms with Gasteiger partial charge >= 0.3 is 20.2 Å². The van der Waals surface area contributed by atoms with E-state index in [0.717, 1.165) is 23.3 Å². The molecule has 0 aliphatic rings. The molecule has 0 spiro atoms. The van der Waals surface area contributed by atoms with Crippen LogP contribution in [0.3, 0.4) is 0 Å². The van der Waals surface area contributed by atoms with Crippen LogP contribution in [-0.4, -0.2) is 28.2 Å². The summed E-state index contributed by atoms with van der Waals surface area (Å²) >= 11 is 0. The highest BCUT2D eigenvalue weighted by molar-refractivity contribution is 7.87. The molecular formula is C21H18O8S2. The van der Waals surface area contributed by atoms with E-state index in [1.807, 2.05) is 0 Å². The van der Waals surface area contributed by atoms with Crippen molar-refractivity contribution in [3.63, 3.8) is 0 Å². The first kappa shape index (κ1) is 22.3. The summed E-state index contributed by atoms with van der Waals surface area (Å²) in [4.78, 5) is 11.0. The highest BCUT2D eigenvalue weighted by atomic mass is 32.2. The molecule has 0 aromatic heterocycles. The largest absolute Gasteiger partial charge is 0.507 e. The van der Waals surface area contributed by atoms with Gasteiger partial charge in [0.25, 0.3) is 0 Å². The van der Waals surface area contributed by atoms with E-state index in [1.54, 1.807) is 38.1 Å². The second-order valence-corrected chi connectivity index (χ2v) is 9.77. The fraction of sp³-hybridized carbons (Fsp3) is 0.0952. The summed E-state index contributed by atoms with van der Waals surface area (Å²) in [5, 5.41) is 10.1. The summed E-state index contributed by atoms with van der Waals surface area (Å²) in [6.45, 7) is 3.56. The molecule has 0 aliphatic heterocycles. The van der Waals surface area contributed by atoms with Crippen molar-refractivity contribution < 1.29 is 35.1 Å². The molecule has 31 heavy (non-hydrogen) atoms. The lowest BCUT2D eigenvalue weighted by atomic mass is 10.2. The lowest BCUT2D eigenvalue weighted by Crippen LogP contribution is -2.12. The van der Waals surface area contributed by atoms with Crippen molar-refractivity contribution in [2.24, 2.45) is 0 Å². The van der Waals surface area contributed by atoms with Crippen LogP contribution in [0, 0.1) is 13.8 Å². The van der Waals surface area contributed by atoms with Crippen molar-refractivity contribution >= 4 is 26.5 Å². The van der Waals surface area contributed by atoms with Crippen molar-refractivity contribution in [3.8, 4) is 17.2 Å². The molecule has 0 atom stereocenters. The van der Waals surface area contributed by atoms with Crippen molar-refractivity contribution in [3.05, 3.63) is 77.4 Å². The number of phenols is 1. The maximum absolute atomic E-state index is 12.6. The number of carbonyl (C=O) groups excluding carboxylic acids is 1. The molecule has 1 N–H and O–H groups in total. The summed E-state index contributed by atoms with van der Waals surface area (Å²) in [6, 6.07) is 13.3. The SMILES string of the molecule is Cc1ccc(S(=O)(=O)Oc2cc(O)c(C=O)c(OS(=O)(=O)c3ccc(C)cc3)c2)cc1. The highest BCUT2D eigenvalue weighted by Gasteiger charge is 2.23. The molecule has 3 aromatic carbocycles. The lowest BCUT2D eigenvalue weighted by Gasteiger charge is -2.13. The number of aromatic hydroxyl groups is 1. The smallest absolute Gasteiger partial charge is 0.339 e. The standard InChI is InChI=1S/C21H18O8S2/c1-14-3-7-17(8-4-14)30(24,25)28-16-11-20(23)19(13-22)21(12-16)29-31(26,27)18-9-5-15(2)6-10-18/h3-13,23H,1-2H3. The van der Waals surface area contributed by atoms with Crippen LogP contribution in [0.15, 0.2) is 70.5 Å². The van der Waals surface area contributed by atoms with Gasteiger partial charge in [0.2, 0.25) is 0 Å². The minimum Gasteiger partial charge on any atom is -0.507 e. The van der Waals surface area contributed by atoms with Crippen LogP contribution in [0.4, 0.5) is 0 Å². The number of aryl methyl sites for hydroxylation is 2. The Morgan fingerprint density at radius 1 is 0.742 bits per heavy atom. The predicted octanol–water partition coefficient (Wildman–Crippen LogP) is 3.36. The van der Waals surface area contributed by atoms with Gasteiger partial charge < -0.3 is 13.5 Å². The molecule has 0 aliphatic carbocycles. The Labute approximate surface area is 179 Å². The summed E-state index contributed by atoms with van der Waals surface area (Å²) in [7, 11) is -8.66. The molecule has 8 nitrogen and oxygen atoms in total. The van der Waals surface area contributed by atoms with Crippen LogP contribution in [0.1, 0.15) is 21.5 Å². The second kappa shape index (κ2) is 8.40. The molecule has 10 heteroatoms. The second-order valence-electron chi connectivity index (χ2n) is 6.67. The molecule has 3 aromatic rings. The molecule has 0 radical (unpaired) electrons. The molecule has 0 saturated heterocycles. The monoisotopic (exact) mass is 462 g/mol. The summed E-state index contributed by atoms with van der Waals surface area (Å²) < 4.78 is 60.1. The normalized spacial score (nSPS) is 11.7. The fourth-order valence-electron chi connectivity index (χ4n) is 2.57. The van der Waals surface area contributed by atoms with Crippen LogP contribution in [0.25, 0.3) is 0 Å². The van der Waals surface area contributed by atoms with Gasteiger partial charge in [-0.15, -0.1) is 0 Å². The first-order valence-corrected chi connectivity index (χ1v) is 11.7. The number of benzene rings is 3. The number of carbonyl (C=O) groups is 1. The van der Waals surface area contributed by atoms with Crippen molar-refractivity contribution in [1.29, 1.82) is 0 Å². The molecule has 0 saturated carbocycles. The number of hydrogen-bond acceptors (Lipinski definition) is 8. The summed E-state index contributed by atoms with van der Waals surface area (Å²) in [5.41, 5.74) is 1.18. The Morgan fingerprint density at radius 3 is 1.65 bits per heavy atom. The fourth-order valence-corrected chi connectivity index (χ4v) is 4.43. The molecule has 0 fully saturated rings. The van der Waals surface area contributed by atoms with Crippen molar-refractivity contribution in [1.82, 2.24) is 0 Å². The zero-order chi connectivity index (χ0) is 22.8. The van der Waals surface area contributed by atoms with E-state index in [1.165, 1.54) is 24.3 Å². The van der Waals surface area contributed by atoms with Gasteiger partial charge in [-0.25, -0.2) is 0 Å². The molecule has 162 valence electrons. The Kier molecular flexibility index (Phi) is 6.05. The number of aldehydes is 1. The Bertz CT molecular complexity index is 1330. The maximum atomic E-state index is 12.6. The van der Waals surface area contributed by atoms with E-state index in [9.17, 15) is 26.7 Å². The van der Waals surface area contributed by atoms with Crippen LogP contribution in [0.2, 0.25) is 0 Å². The van der Waals surface area contributed by atoms with Gasteiger partial charge in [0.15, 0.2) is 12.0 Å². The predicted molar refractivity (Wildman–Crippen MR) is 111 cm³/mol. The maximum Gasteiger partial charge on any atom is 0.339 e. The van der Waals surface area contributed by atoms with Gasteiger partial charge in [0.1, 0.15) is 26.9 Å². The lowest BCUT2D eigenvalue weighted by molar-refractivity contribution is 0.111. The first-order valence-electron chi connectivity index (χ1n) is 8.86. The third-order valence-electron chi connectivity index (χ3n) is 4.24. The van der Waals surface area contributed by atoms with E-state index in [2.05, 4.69) is 0 Å². The number of hydrogen-bond donors (Lipinski definition) is 1. The van der Waals surface area contributed by atoms with Crippen LogP contribution < -0.4 is 8.37 Å². The van der Waals surface area contributed by atoms with Gasteiger partial charge in [0, 0.05) is 12.1 Å². The van der Waals surface area contributed by atoms with E-state index in [4.69, 9.17) is 8.37 Å². The van der Waals surface area contributed by atoms with Crippen LogP contribution >= 0.6 is 0 Å². The molecule has 0 amide bonds. The molecule has 0 unspecified atom stereocenters. The Balaban J connectivity index is 1.99. The zero-order valence-electron chi connectivity index (χ0n) is 16.5. The molecule has 3 rings (SSSR count). The molecule has 0 heterocycles. The highest BCUT2D eigenvalue weighted by Crippen LogP contribution is 2.35. The first-order chi connectivity index (χ1) is 14.5. The van der Waals surface area contributed by atoms with Crippen LogP contribution in [-0.2, 0) is 20.2 Å². The quantitative estimate of drug-likeness (QED) is 0.419. The van der Waals surface area contributed by atoms with Crippen molar-refractivity contribution in [2.75, 3.05) is 0 Å². The van der Waals surface area contributed by atoms with Gasteiger partial charge in [0.05, 0.1) is 0 Å². The molecular weight excluding hydrogens is 444 g/mol. The third kappa shape index (κ3) is 5.04. The van der Waals surface area contributed by atoms with Crippen LogP contribution in [0.5, 0.6) is 17.2 Å². The van der Waals surface area contributed by atoms with E-state index >= 15 is 0 Å². The number of phenolic OH excluding ortho intramolecular Hbond substituents is 1. The zero-order valence-corrected chi connectivity index (χ0v) is 18.1. The summed E-state index contributed by atoms with van der Waals surface area (Å²) in [5.74, 6) is -1.72. The minimum absolute atomic E-state index is 0.146. The van der Waals surface area contributed by atoms with E-state index < -0.39 is 43.0 Å². The average Bonchev–Trinajstić information content (AvgIpc) is 2.68. The van der Waals surface area contributed by atoms with E-state index in [0.29, 0.717) is 0 Å². The van der Waals surface area contributed by atoms with Gasteiger partial charge in [-0.3, -0.25) is 4.79 Å². The van der Waals surface area contributed by atoms with E-state index in [-0.39, 0.29) is 16.1 Å². The van der Waals surface area contributed by atoms with Gasteiger partial charge in [-0.1, -0.05) is 35.4 Å². The molecule has 0 bridgehead atoms. The summed E-state index contributed by atoms with van der Waals surface area (Å²) in [6.07, 6.45) is 0.188. The average molecular weight is 463 g/mol. The van der Waals surface area contributed by atoms with Gasteiger partial charge in [-0.05, 0) is 38.1 Å². The Hall–Kier alpha value is -3.37.